The second-order valence-electron chi connectivity index (χ2n) is 12.4. The minimum atomic E-state index is -7.22. The average molecular weight is 971 g/mol. The topological polar surface area (TPSA) is 33.8 Å². The van der Waals surface area contributed by atoms with Crippen molar-refractivity contribution in [3.63, 3.8) is 0 Å². The van der Waals surface area contributed by atoms with Gasteiger partial charge in [0.05, 0.1) is 17.7 Å². The summed E-state index contributed by atoms with van der Waals surface area (Å²) in [6.07, 6.45) is -1.96. The van der Waals surface area contributed by atoms with Crippen molar-refractivity contribution in [1.29, 1.82) is 0 Å². The van der Waals surface area contributed by atoms with E-state index >= 15 is 35.1 Å². The van der Waals surface area contributed by atoms with Crippen LogP contribution >= 0.6 is 15.9 Å². The van der Waals surface area contributed by atoms with E-state index in [1.54, 1.807) is 12.4 Å². The second kappa shape index (κ2) is 17.8. The summed E-state index contributed by atoms with van der Waals surface area (Å²) < 4.78 is 296. The fourth-order valence-corrected chi connectivity index (χ4v) is 6.89. The zero-order valence-corrected chi connectivity index (χ0v) is 30.9. The van der Waals surface area contributed by atoms with Gasteiger partial charge in [-0.15, -0.1) is 21.9 Å². The first-order chi connectivity index (χ1) is 29.0. The summed E-state index contributed by atoms with van der Waals surface area (Å²) in [6.45, 7) is 0.341. The van der Waals surface area contributed by atoms with Crippen LogP contribution < -0.4 is 26.4 Å². The van der Waals surface area contributed by atoms with Crippen molar-refractivity contribution in [2.75, 3.05) is 0 Å². The number of Topliss-reactive ketones (excluding diaryl/α,β-unsaturated/α-hetero) is 1. The lowest BCUT2D eigenvalue weighted by molar-refractivity contribution is -0.690. The molecule has 0 amide bonds. The first-order valence-corrected chi connectivity index (χ1v) is 17.3. The molecular weight excluding hydrogens is 959 g/mol. The van der Waals surface area contributed by atoms with Gasteiger partial charge in [0.25, 0.3) is 0 Å². The van der Waals surface area contributed by atoms with Crippen LogP contribution in [0.5, 0.6) is 0 Å². The van der Waals surface area contributed by atoms with Crippen molar-refractivity contribution in [1.82, 2.24) is 4.98 Å². The number of aromatic nitrogens is 2. The Morgan fingerprint density at radius 3 is 1.00 bits per heavy atom. The largest absolute Gasteiger partial charge is 0.287 e. The number of benzene rings is 5. The molecule has 3 nitrogen and oxygen atoms in total. The quantitative estimate of drug-likeness (QED) is 0.0295. The molecule has 25 heteroatoms. The lowest BCUT2D eigenvalue weighted by atomic mass is 9.12. The maximum absolute atomic E-state index is 15.4. The number of alkyl halides is 1. The molecule has 0 bridgehead atoms. The molecule has 0 N–H and O–H groups in total. The lowest BCUT2D eigenvalue weighted by Gasteiger charge is -2.44. The highest BCUT2D eigenvalue weighted by atomic mass is 79.9. The van der Waals surface area contributed by atoms with Gasteiger partial charge >= 0.3 is 0 Å². The molecule has 0 aliphatic rings. The molecule has 0 radical (unpaired) electrons. The van der Waals surface area contributed by atoms with Crippen LogP contribution in [0.2, 0.25) is 0 Å². The minimum absolute atomic E-state index is 0.101. The number of rotatable bonds is 8. The van der Waals surface area contributed by atoms with Gasteiger partial charge in [-0.2, -0.15) is 4.57 Å². The third-order valence-corrected chi connectivity index (χ3v) is 9.75. The van der Waals surface area contributed by atoms with Gasteiger partial charge in [0.2, 0.25) is 18.0 Å². The van der Waals surface area contributed by atoms with Crippen LogP contribution in [0, 0.1) is 116 Å². The molecule has 6 aromatic rings. The molecule has 0 spiro atoms. The fourth-order valence-electron chi connectivity index (χ4n) is 6.43. The van der Waals surface area contributed by atoms with E-state index in [1.807, 2.05) is 41.1 Å². The lowest BCUT2D eigenvalue weighted by Crippen LogP contribution is -2.81. The molecule has 0 aliphatic heterocycles. The Kier molecular flexibility index (Phi) is 13.5. The number of carbonyl (C=O) groups excluding carboxylic acids is 1. The molecule has 0 saturated carbocycles. The van der Waals surface area contributed by atoms with E-state index in [1.165, 1.54) is 0 Å². The summed E-state index contributed by atoms with van der Waals surface area (Å²) in [7, 11) is 0. The van der Waals surface area contributed by atoms with Gasteiger partial charge in [-0.05, 0) is 0 Å². The summed E-state index contributed by atoms with van der Waals surface area (Å²) in [5.41, 5.74) is -12.6. The molecule has 1 heterocycles. The van der Waals surface area contributed by atoms with Crippen molar-refractivity contribution in [3.8, 4) is 0 Å². The number of ketones is 1. The highest BCUT2D eigenvalue weighted by Gasteiger charge is 2.52. The molecule has 0 aliphatic carbocycles. The molecule has 326 valence electrons. The van der Waals surface area contributed by atoms with Crippen molar-refractivity contribution in [2.24, 2.45) is 0 Å². The van der Waals surface area contributed by atoms with Crippen LogP contribution in [0.15, 0.2) is 48.9 Å². The van der Waals surface area contributed by atoms with Crippen molar-refractivity contribution in [2.45, 2.75) is 11.9 Å². The van der Waals surface area contributed by atoms with Crippen molar-refractivity contribution < 1.29 is 97.2 Å². The van der Waals surface area contributed by atoms with Gasteiger partial charge in [-0.3, -0.25) is 9.78 Å². The Morgan fingerprint density at radius 1 is 0.452 bits per heavy atom. The highest BCUT2D eigenvalue weighted by molar-refractivity contribution is 9.08. The summed E-state index contributed by atoms with van der Waals surface area (Å²) in [5, 5.41) is 0.683. The number of hydrogen-bond acceptors (Lipinski definition) is 2. The van der Waals surface area contributed by atoms with Crippen molar-refractivity contribution in [3.05, 3.63) is 177 Å². The van der Waals surface area contributed by atoms with E-state index in [9.17, 15) is 57.5 Å². The van der Waals surface area contributed by atoms with E-state index in [2.05, 4.69) is 20.9 Å². The van der Waals surface area contributed by atoms with Gasteiger partial charge in [0.15, 0.2) is 76.0 Å². The third-order valence-electron chi connectivity index (χ3n) is 9.18. The molecule has 62 heavy (non-hydrogen) atoms. The smallest absolute Gasteiger partial charge is 0.227 e. The molecule has 0 unspecified atom stereocenters. The van der Waals surface area contributed by atoms with Crippen LogP contribution in [0.1, 0.15) is 16.1 Å². The van der Waals surface area contributed by atoms with E-state index in [0.29, 0.717) is 11.9 Å². The first-order valence-electron chi connectivity index (χ1n) is 16.2. The molecule has 5 aromatic carbocycles. The molecule has 0 fully saturated rings. The highest BCUT2D eigenvalue weighted by Crippen LogP contribution is 2.30. The summed E-state index contributed by atoms with van der Waals surface area (Å²) in [4.78, 5) is 16.1. The molecule has 6 rings (SSSR count). The van der Waals surface area contributed by atoms with E-state index in [-0.39, 0.29) is 5.78 Å². The van der Waals surface area contributed by atoms with E-state index < -0.39 is 144 Å². The Labute approximate surface area is 339 Å². The molecule has 0 atom stereocenters. The van der Waals surface area contributed by atoms with Crippen LogP contribution in [0.25, 0.3) is 0 Å². The number of halogens is 21. The Hall–Kier alpha value is -6.01. The Bertz CT molecular complexity index is 2410. The monoisotopic (exact) mass is 970 g/mol. The van der Waals surface area contributed by atoms with Crippen LogP contribution in [0.4, 0.5) is 87.8 Å². The minimum Gasteiger partial charge on any atom is -0.287 e. The van der Waals surface area contributed by atoms with Crippen LogP contribution in [-0.4, -0.2) is 16.9 Å². The number of hydrogen-bond donors (Lipinski definition) is 0. The van der Waals surface area contributed by atoms with Gasteiger partial charge in [-0.1, -0.05) is 46.3 Å². The SMILES string of the molecule is Fc1c(F)c(F)c([B-](c2c(F)c(F)c(F)c(F)c2F)(c2c(F)c(F)c(F)c(F)c2F)c2c(F)c(F)c(F)c(F)c2F)c(F)c1F.O=C(C[n+]1ccncc1CBr)c1ccccc1. The summed E-state index contributed by atoms with van der Waals surface area (Å²) >= 11 is 3.38. The predicted octanol–water partition coefficient (Wildman–Crippen LogP) is 7.99. The predicted molar refractivity (Wildman–Crippen MR) is 177 cm³/mol. The Morgan fingerprint density at radius 2 is 0.726 bits per heavy atom. The third kappa shape index (κ3) is 7.42. The van der Waals surface area contributed by atoms with E-state index in [0.717, 1.165) is 11.3 Å². The zero-order chi connectivity index (χ0) is 46.4. The number of carbonyl (C=O) groups is 1. The molecule has 1 aromatic heterocycles. The fraction of sp³-hybridized carbons (Fsp3) is 0.0541. The molecule has 0 saturated heterocycles. The van der Waals surface area contributed by atoms with Crippen molar-refractivity contribution >= 4 is 49.7 Å². The standard InChI is InChI=1S/C24BF20.C13H12BrN2O/c26-5-1(6(27)14(35)21(42)13(5)34)25(2-7(28)15(36)22(43)16(37)8(2)29,3-9(30)17(38)23(44)18(39)10(3)31)4-11(32)19(40)24(45)20(41)12(4)33;14-8-12-9-15-6-7-16(12)10-13(17)11-4-2-1-3-5-11/h;1-7,9H,8,10H2/q-1;+1. The van der Waals surface area contributed by atoms with Gasteiger partial charge < -0.3 is 0 Å². The maximum atomic E-state index is 15.4. The number of nitrogens with zero attached hydrogens (tertiary/aromatic N) is 2. The zero-order valence-electron chi connectivity index (χ0n) is 29.4. The average Bonchev–Trinajstić information content (AvgIpc) is 3.26. The van der Waals surface area contributed by atoms with Crippen LogP contribution in [-0.2, 0) is 11.9 Å². The normalized spacial score (nSPS) is 11.5. The maximum Gasteiger partial charge on any atom is 0.227 e. The van der Waals surface area contributed by atoms with Gasteiger partial charge in [0, 0.05) is 5.56 Å². The summed E-state index contributed by atoms with van der Waals surface area (Å²) in [6, 6.07) is 9.31. The first kappa shape index (κ1) is 47.1. The van der Waals surface area contributed by atoms with E-state index in [4.69, 9.17) is 0 Å². The van der Waals surface area contributed by atoms with Crippen LogP contribution in [0.3, 0.4) is 0 Å². The van der Waals surface area contributed by atoms with Gasteiger partial charge in [0.1, 0.15) is 52.7 Å². The summed E-state index contributed by atoms with van der Waals surface area (Å²) in [5.74, 6) is -71.3. The van der Waals surface area contributed by atoms with Gasteiger partial charge in [-0.25, -0.2) is 87.8 Å². The Balaban J connectivity index is 0.000000355. The molecular formula is C37H12BBrF20N2O. The second-order valence-corrected chi connectivity index (χ2v) is 13.0.